The van der Waals surface area contributed by atoms with Gasteiger partial charge in [-0.3, -0.25) is 9.59 Å². The Kier molecular flexibility index (Phi) is 3.82. The molecular weight excluding hydrogens is 312 g/mol. The Bertz CT molecular complexity index is 629. The van der Waals surface area contributed by atoms with E-state index in [-0.39, 0.29) is 22.6 Å². The molecule has 0 radical (unpaired) electrons. The van der Waals surface area contributed by atoms with Crippen LogP contribution in [0.15, 0.2) is 12.2 Å². The lowest BCUT2D eigenvalue weighted by Crippen LogP contribution is -2.60. The normalized spacial score (nSPS) is 48.6. The summed E-state index contributed by atoms with van der Waals surface area (Å²) < 4.78 is 0. The lowest BCUT2D eigenvalue weighted by atomic mass is 9.48. The minimum absolute atomic E-state index is 0.110. The van der Waals surface area contributed by atoms with Gasteiger partial charge in [0, 0.05) is 31.5 Å². The van der Waals surface area contributed by atoms with Crippen LogP contribution in [-0.2, 0) is 9.59 Å². The number of rotatable bonds is 1. The highest BCUT2D eigenvalue weighted by molar-refractivity contribution is 5.89. The SMILES string of the molecule is CC(=O)N[C@H]1CC[C@H]2[C@@H]3CC[C@H]4N(C)C(=O)C=C[C@]4(C)[C@H]3CC[C@]12C. The van der Waals surface area contributed by atoms with E-state index in [2.05, 4.69) is 25.2 Å². The molecule has 1 aliphatic heterocycles. The molecule has 7 atom stereocenters. The number of likely N-dealkylation sites (N-methyl/N-ethyl adjacent to an activating group) is 1. The number of fused-ring (bicyclic) bond motifs is 5. The number of carbonyl (C=O) groups excluding carboxylic acids is 2. The third-order valence-electron chi connectivity index (χ3n) is 8.51. The molecule has 1 N–H and O–H groups in total. The Morgan fingerprint density at radius 2 is 1.92 bits per heavy atom. The van der Waals surface area contributed by atoms with E-state index in [9.17, 15) is 9.59 Å². The highest BCUT2D eigenvalue weighted by Gasteiger charge is 2.60. The van der Waals surface area contributed by atoms with E-state index in [4.69, 9.17) is 0 Å². The summed E-state index contributed by atoms with van der Waals surface area (Å²) in [6.45, 7) is 6.45. The molecule has 0 aromatic carbocycles. The smallest absolute Gasteiger partial charge is 0.246 e. The molecule has 0 aromatic rings. The molecule has 0 spiro atoms. The zero-order valence-electron chi connectivity index (χ0n) is 16.0. The van der Waals surface area contributed by atoms with Crippen LogP contribution in [0.5, 0.6) is 0 Å². The maximum Gasteiger partial charge on any atom is 0.246 e. The van der Waals surface area contributed by atoms with Crippen molar-refractivity contribution in [2.75, 3.05) is 7.05 Å². The number of amides is 2. The van der Waals surface area contributed by atoms with Gasteiger partial charge in [-0.25, -0.2) is 0 Å². The van der Waals surface area contributed by atoms with E-state index in [1.54, 1.807) is 13.0 Å². The largest absolute Gasteiger partial charge is 0.353 e. The summed E-state index contributed by atoms with van der Waals surface area (Å²) in [6.07, 6.45) is 11.1. The molecule has 3 fully saturated rings. The van der Waals surface area contributed by atoms with Gasteiger partial charge in [-0.1, -0.05) is 19.9 Å². The monoisotopic (exact) mass is 344 g/mol. The second-order valence-corrected chi connectivity index (χ2v) is 9.49. The highest BCUT2D eigenvalue weighted by atomic mass is 16.2. The molecule has 4 nitrogen and oxygen atoms in total. The Morgan fingerprint density at radius 1 is 1.16 bits per heavy atom. The van der Waals surface area contributed by atoms with E-state index in [0.29, 0.717) is 23.9 Å². The molecule has 4 heteroatoms. The summed E-state index contributed by atoms with van der Waals surface area (Å²) in [4.78, 5) is 25.8. The topological polar surface area (TPSA) is 49.4 Å². The van der Waals surface area contributed by atoms with E-state index >= 15 is 0 Å². The lowest BCUT2D eigenvalue weighted by Gasteiger charge is -2.60. The van der Waals surface area contributed by atoms with Crippen molar-refractivity contribution < 1.29 is 9.59 Å². The van der Waals surface area contributed by atoms with Crippen molar-refractivity contribution in [1.29, 1.82) is 0 Å². The molecule has 138 valence electrons. The first-order valence-electron chi connectivity index (χ1n) is 10.0. The zero-order chi connectivity index (χ0) is 18.0. The van der Waals surface area contributed by atoms with Crippen LogP contribution in [0.4, 0.5) is 0 Å². The molecule has 3 aliphatic carbocycles. The number of nitrogens with zero attached hydrogens (tertiary/aromatic N) is 1. The van der Waals surface area contributed by atoms with Crippen molar-refractivity contribution in [3.8, 4) is 0 Å². The predicted molar refractivity (Wildman–Crippen MR) is 97.7 cm³/mol. The molecule has 2 amide bonds. The summed E-state index contributed by atoms with van der Waals surface area (Å²) in [5, 5.41) is 3.25. The summed E-state index contributed by atoms with van der Waals surface area (Å²) in [5.41, 5.74) is 0.356. The number of nitrogens with one attached hydrogen (secondary N) is 1. The zero-order valence-corrected chi connectivity index (χ0v) is 16.0. The fourth-order valence-corrected chi connectivity index (χ4v) is 7.22. The molecule has 0 unspecified atom stereocenters. The van der Waals surface area contributed by atoms with Gasteiger partial charge < -0.3 is 10.2 Å². The van der Waals surface area contributed by atoms with Crippen LogP contribution in [0.25, 0.3) is 0 Å². The molecule has 1 heterocycles. The fourth-order valence-electron chi connectivity index (χ4n) is 7.22. The minimum Gasteiger partial charge on any atom is -0.353 e. The van der Waals surface area contributed by atoms with Crippen molar-refractivity contribution in [2.24, 2.45) is 28.6 Å². The molecule has 4 rings (SSSR count). The van der Waals surface area contributed by atoms with E-state index in [0.717, 1.165) is 18.8 Å². The van der Waals surface area contributed by atoms with Gasteiger partial charge in [0.25, 0.3) is 0 Å². The second kappa shape index (κ2) is 5.59. The van der Waals surface area contributed by atoms with Gasteiger partial charge >= 0.3 is 0 Å². The van der Waals surface area contributed by atoms with E-state index in [1.807, 2.05) is 11.9 Å². The van der Waals surface area contributed by atoms with Crippen LogP contribution < -0.4 is 5.32 Å². The number of hydrogen-bond donors (Lipinski definition) is 1. The first-order chi connectivity index (χ1) is 11.8. The molecule has 0 bridgehead atoms. The maximum atomic E-state index is 12.1. The van der Waals surface area contributed by atoms with Crippen LogP contribution in [0.2, 0.25) is 0 Å². The van der Waals surface area contributed by atoms with E-state index in [1.165, 1.54) is 25.7 Å². The van der Waals surface area contributed by atoms with Gasteiger partial charge in [0.2, 0.25) is 11.8 Å². The van der Waals surface area contributed by atoms with Gasteiger partial charge in [0.05, 0.1) is 0 Å². The second-order valence-electron chi connectivity index (χ2n) is 9.49. The summed E-state index contributed by atoms with van der Waals surface area (Å²) >= 11 is 0. The predicted octanol–water partition coefficient (Wildman–Crippen LogP) is 3.13. The van der Waals surface area contributed by atoms with Crippen LogP contribution in [-0.4, -0.2) is 35.8 Å². The van der Waals surface area contributed by atoms with Crippen LogP contribution >= 0.6 is 0 Å². The average molecular weight is 344 g/mol. The van der Waals surface area contributed by atoms with Gasteiger partial charge in [-0.15, -0.1) is 0 Å². The highest BCUT2D eigenvalue weighted by Crippen LogP contribution is 2.63. The third-order valence-corrected chi connectivity index (χ3v) is 8.51. The van der Waals surface area contributed by atoms with Crippen LogP contribution in [0.3, 0.4) is 0 Å². The molecule has 25 heavy (non-hydrogen) atoms. The Labute approximate surface area is 151 Å². The molecule has 3 saturated carbocycles. The van der Waals surface area contributed by atoms with Gasteiger partial charge in [0.15, 0.2) is 0 Å². The third kappa shape index (κ3) is 2.32. The van der Waals surface area contributed by atoms with Crippen molar-refractivity contribution in [3.63, 3.8) is 0 Å². The van der Waals surface area contributed by atoms with Crippen LogP contribution in [0.1, 0.15) is 59.3 Å². The van der Waals surface area contributed by atoms with Crippen molar-refractivity contribution >= 4 is 11.8 Å². The van der Waals surface area contributed by atoms with Gasteiger partial charge in [-0.2, -0.15) is 0 Å². The number of hydrogen-bond acceptors (Lipinski definition) is 2. The summed E-state index contributed by atoms with van der Waals surface area (Å²) in [5.74, 6) is 2.36. The van der Waals surface area contributed by atoms with Crippen molar-refractivity contribution in [1.82, 2.24) is 10.2 Å². The van der Waals surface area contributed by atoms with Crippen molar-refractivity contribution in [2.45, 2.75) is 71.4 Å². The van der Waals surface area contributed by atoms with E-state index < -0.39 is 0 Å². The lowest BCUT2D eigenvalue weighted by molar-refractivity contribution is -0.138. The Balaban J connectivity index is 1.63. The van der Waals surface area contributed by atoms with Gasteiger partial charge in [0.1, 0.15) is 0 Å². The number of carbonyl (C=O) groups is 2. The molecule has 4 aliphatic rings. The Hall–Kier alpha value is -1.32. The Morgan fingerprint density at radius 3 is 2.64 bits per heavy atom. The average Bonchev–Trinajstić information content (AvgIpc) is 2.88. The quantitative estimate of drug-likeness (QED) is 0.794. The summed E-state index contributed by atoms with van der Waals surface area (Å²) in [6, 6.07) is 0.691. The van der Waals surface area contributed by atoms with Crippen LogP contribution in [0, 0.1) is 28.6 Å². The standard InChI is InChI=1S/C21H32N2O2/c1-13(24)22-17-7-6-15-14-5-8-18-21(3,12-10-19(25)23(18)4)16(14)9-11-20(15,17)2/h10,12,14-18H,5-9,11H2,1-4H3,(H,22,24)/t14-,15-,16-,17-,18+,20-,21+/m0/s1. The fraction of sp³-hybridized carbons (Fsp3) is 0.810. The first-order valence-corrected chi connectivity index (χ1v) is 10.0. The molecular formula is C21H32N2O2. The minimum atomic E-state index is 0.110. The van der Waals surface area contributed by atoms with Crippen molar-refractivity contribution in [3.05, 3.63) is 12.2 Å². The molecule has 0 aromatic heterocycles. The molecule has 0 saturated heterocycles. The maximum absolute atomic E-state index is 12.1. The van der Waals surface area contributed by atoms with Gasteiger partial charge in [-0.05, 0) is 67.8 Å². The summed E-state index contributed by atoms with van der Waals surface area (Å²) in [7, 11) is 1.98. The first kappa shape index (κ1) is 17.1.